The van der Waals surface area contributed by atoms with Crippen molar-refractivity contribution in [3.8, 4) is 5.75 Å². The van der Waals surface area contributed by atoms with Gasteiger partial charge in [0.15, 0.2) is 11.5 Å². The van der Waals surface area contributed by atoms with E-state index in [0.717, 1.165) is 32.5 Å². The molecule has 1 fully saturated rings. The van der Waals surface area contributed by atoms with Crippen LogP contribution in [0.1, 0.15) is 34.3 Å². The summed E-state index contributed by atoms with van der Waals surface area (Å²) in [6.07, 6.45) is 3.41. The van der Waals surface area contributed by atoms with E-state index >= 15 is 0 Å². The maximum atomic E-state index is 12.9. The van der Waals surface area contributed by atoms with E-state index in [9.17, 15) is 9.59 Å². The fourth-order valence-electron chi connectivity index (χ4n) is 4.38. The van der Waals surface area contributed by atoms with Gasteiger partial charge in [0.1, 0.15) is 0 Å². The lowest BCUT2D eigenvalue weighted by atomic mass is 10.0. The molecule has 0 unspecified atom stereocenters. The number of anilines is 1. The summed E-state index contributed by atoms with van der Waals surface area (Å²) in [5, 5.41) is 6.48. The third-order valence-corrected chi connectivity index (χ3v) is 6.64. The summed E-state index contributed by atoms with van der Waals surface area (Å²) in [4.78, 5) is 27.9. The maximum Gasteiger partial charge on any atom is 0.291 e. The van der Waals surface area contributed by atoms with E-state index in [2.05, 4.69) is 39.8 Å². The molecule has 7 heteroatoms. The summed E-state index contributed by atoms with van der Waals surface area (Å²) in [5.41, 5.74) is 2.95. The molecular formula is C28H26ClN3O3. The van der Waals surface area contributed by atoms with Crippen LogP contribution in [0.5, 0.6) is 5.75 Å². The summed E-state index contributed by atoms with van der Waals surface area (Å²) in [5.74, 6) is 0.0838. The van der Waals surface area contributed by atoms with Gasteiger partial charge in [-0.2, -0.15) is 0 Å². The first kappa shape index (κ1) is 23.1. The molecular weight excluding hydrogens is 462 g/mol. The van der Waals surface area contributed by atoms with E-state index in [-0.39, 0.29) is 23.6 Å². The third kappa shape index (κ3) is 5.56. The summed E-state index contributed by atoms with van der Waals surface area (Å²) < 4.78 is 5.80. The molecule has 0 aromatic heterocycles. The van der Waals surface area contributed by atoms with Gasteiger partial charge in [-0.1, -0.05) is 60.1 Å². The number of piperidine rings is 1. The van der Waals surface area contributed by atoms with E-state index in [0.29, 0.717) is 27.6 Å². The minimum atomic E-state index is -0.388. The monoisotopic (exact) mass is 487 g/mol. The molecule has 0 saturated carbocycles. The second-order valence-corrected chi connectivity index (χ2v) is 9.21. The molecule has 2 amide bonds. The van der Waals surface area contributed by atoms with Crippen molar-refractivity contribution in [1.29, 1.82) is 0 Å². The molecule has 0 aliphatic carbocycles. The highest BCUT2D eigenvalue weighted by molar-refractivity contribution is 6.32. The molecule has 35 heavy (non-hydrogen) atoms. The number of ether oxygens (including phenoxy) is 1. The van der Waals surface area contributed by atoms with Gasteiger partial charge in [0, 0.05) is 36.3 Å². The molecule has 3 aromatic carbocycles. The fourth-order valence-corrected chi connectivity index (χ4v) is 4.57. The number of likely N-dealkylation sites (tertiary alicyclic amines) is 1. The highest BCUT2D eigenvalue weighted by Gasteiger charge is 2.25. The first-order chi connectivity index (χ1) is 17.0. The molecule has 3 aromatic rings. The number of rotatable bonds is 5. The Labute approximate surface area is 209 Å². The third-order valence-electron chi connectivity index (χ3n) is 6.30. The zero-order chi connectivity index (χ0) is 24.2. The zero-order valence-electron chi connectivity index (χ0n) is 19.2. The highest BCUT2D eigenvalue weighted by Crippen LogP contribution is 2.33. The van der Waals surface area contributed by atoms with E-state index in [1.165, 1.54) is 5.56 Å². The molecule has 6 nitrogen and oxygen atoms in total. The van der Waals surface area contributed by atoms with Crippen LogP contribution in [0.15, 0.2) is 78.6 Å². The smallest absolute Gasteiger partial charge is 0.291 e. The van der Waals surface area contributed by atoms with Crippen LogP contribution in [-0.2, 0) is 11.3 Å². The normalized spacial score (nSPS) is 17.4. The Kier molecular flexibility index (Phi) is 6.84. The summed E-state index contributed by atoms with van der Waals surface area (Å²) >= 11 is 6.19. The van der Waals surface area contributed by atoms with Crippen LogP contribution in [0.3, 0.4) is 0 Å². The van der Waals surface area contributed by atoms with Crippen molar-refractivity contribution in [1.82, 2.24) is 10.2 Å². The number of fused-ring (bicyclic) bond motifs is 1. The quantitative estimate of drug-likeness (QED) is 0.491. The number of nitrogens with zero attached hydrogens (tertiary/aromatic N) is 1. The SMILES string of the molecule is O=C1Nc2cc(C(=O)NC3CCN(Cc4ccccc4)CC3)ccc2O/C1=C\c1ccccc1Cl. The predicted octanol–water partition coefficient (Wildman–Crippen LogP) is 5.11. The highest BCUT2D eigenvalue weighted by atomic mass is 35.5. The van der Waals surface area contributed by atoms with E-state index in [1.807, 2.05) is 18.2 Å². The van der Waals surface area contributed by atoms with Crippen molar-refractivity contribution in [3.05, 3.63) is 100 Å². The summed E-state index contributed by atoms with van der Waals surface area (Å²) in [7, 11) is 0. The van der Waals surface area contributed by atoms with Crippen LogP contribution < -0.4 is 15.4 Å². The van der Waals surface area contributed by atoms with Crippen LogP contribution in [0, 0.1) is 0 Å². The van der Waals surface area contributed by atoms with Gasteiger partial charge >= 0.3 is 0 Å². The van der Waals surface area contributed by atoms with Gasteiger partial charge in [0.2, 0.25) is 0 Å². The van der Waals surface area contributed by atoms with E-state index < -0.39 is 0 Å². The van der Waals surface area contributed by atoms with Crippen LogP contribution in [0.4, 0.5) is 5.69 Å². The average Bonchev–Trinajstić information content (AvgIpc) is 2.87. The van der Waals surface area contributed by atoms with Crippen molar-refractivity contribution in [2.24, 2.45) is 0 Å². The molecule has 178 valence electrons. The predicted molar refractivity (Wildman–Crippen MR) is 137 cm³/mol. The number of carbonyl (C=O) groups is 2. The second-order valence-electron chi connectivity index (χ2n) is 8.81. The number of nitrogens with one attached hydrogen (secondary N) is 2. The standard InChI is InChI=1S/C28H26ClN3O3/c29-23-9-5-4-8-20(23)17-26-28(34)31-24-16-21(10-11-25(24)35-26)27(33)30-22-12-14-32(15-13-22)18-19-6-2-1-3-7-19/h1-11,16-17,22H,12-15,18H2,(H,30,33)(H,31,34)/b26-17-. The zero-order valence-corrected chi connectivity index (χ0v) is 19.9. The van der Waals surface area contributed by atoms with Crippen molar-refractivity contribution in [2.45, 2.75) is 25.4 Å². The van der Waals surface area contributed by atoms with Gasteiger partial charge in [0.05, 0.1) is 5.69 Å². The van der Waals surface area contributed by atoms with Gasteiger partial charge < -0.3 is 15.4 Å². The lowest BCUT2D eigenvalue weighted by Crippen LogP contribution is -2.44. The lowest BCUT2D eigenvalue weighted by molar-refractivity contribution is -0.115. The molecule has 2 aliphatic rings. The van der Waals surface area contributed by atoms with Crippen LogP contribution in [-0.4, -0.2) is 35.8 Å². The topological polar surface area (TPSA) is 70.7 Å². The van der Waals surface area contributed by atoms with Crippen molar-refractivity contribution in [3.63, 3.8) is 0 Å². The van der Waals surface area contributed by atoms with Crippen LogP contribution in [0.2, 0.25) is 5.02 Å². The Bertz CT molecular complexity index is 1270. The summed E-state index contributed by atoms with van der Waals surface area (Å²) in [6.45, 7) is 2.81. The Morgan fingerprint density at radius 2 is 1.80 bits per heavy atom. The molecule has 0 spiro atoms. The molecule has 0 atom stereocenters. The van der Waals surface area contributed by atoms with Crippen molar-refractivity contribution < 1.29 is 14.3 Å². The minimum absolute atomic E-state index is 0.126. The molecule has 2 heterocycles. The van der Waals surface area contributed by atoms with E-state index in [1.54, 1.807) is 36.4 Å². The van der Waals surface area contributed by atoms with Crippen molar-refractivity contribution >= 4 is 35.2 Å². The molecule has 0 bridgehead atoms. The van der Waals surface area contributed by atoms with Crippen LogP contribution in [0.25, 0.3) is 6.08 Å². The fraction of sp³-hybridized carbons (Fsp3) is 0.214. The number of benzene rings is 3. The Balaban J connectivity index is 1.19. The maximum absolute atomic E-state index is 12.9. The Hall–Kier alpha value is -3.61. The minimum Gasteiger partial charge on any atom is -0.449 e. The molecule has 2 aliphatic heterocycles. The Morgan fingerprint density at radius 3 is 2.57 bits per heavy atom. The van der Waals surface area contributed by atoms with Crippen LogP contribution >= 0.6 is 11.6 Å². The number of amides is 2. The van der Waals surface area contributed by atoms with Gasteiger partial charge in [-0.15, -0.1) is 0 Å². The largest absolute Gasteiger partial charge is 0.449 e. The average molecular weight is 488 g/mol. The number of hydrogen-bond acceptors (Lipinski definition) is 4. The van der Waals surface area contributed by atoms with Gasteiger partial charge in [0.25, 0.3) is 11.8 Å². The molecule has 0 radical (unpaired) electrons. The first-order valence-corrected chi connectivity index (χ1v) is 12.1. The first-order valence-electron chi connectivity index (χ1n) is 11.7. The molecule has 1 saturated heterocycles. The van der Waals surface area contributed by atoms with Gasteiger partial charge in [-0.25, -0.2) is 0 Å². The van der Waals surface area contributed by atoms with Gasteiger partial charge in [-0.05, 0) is 54.3 Å². The number of carbonyl (C=O) groups excluding carboxylic acids is 2. The second kappa shape index (κ2) is 10.3. The Morgan fingerprint density at radius 1 is 1.06 bits per heavy atom. The number of halogens is 1. The lowest BCUT2D eigenvalue weighted by Gasteiger charge is -2.32. The van der Waals surface area contributed by atoms with Gasteiger partial charge in [-0.3, -0.25) is 14.5 Å². The molecule has 5 rings (SSSR count). The number of hydrogen-bond donors (Lipinski definition) is 2. The van der Waals surface area contributed by atoms with Crippen molar-refractivity contribution in [2.75, 3.05) is 18.4 Å². The molecule has 2 N–H and O–H groups in total. The van der Waals surface area contributed by atoms with E-state index in [4.69, 9.17) is 16.3 Å². The summed E-state index contributed by atoms with van der Waals surface area (Å²) in [6, 6.07) is 22.8.